The van der Waals surface area contributed by atoms with Gasteiger partial charge in [-0.3, -0.25) is 10.1 Å². The van der Waals surface area contributed by atoms with E-state index in [1.807, 2.05) is 0 Å². The summed E-state index contributed by atoms with van der Waals surface area (Å²) in [4.78, 5) is 13.7. The van der Waals surface area contributed by atoms with Crippen molar-refractivity contribution in [3.8, 4) is 0 Å². The van der Waals surface area contributed by atoms with E-state index in [4.69, 9.17) is 11.6 Å². The van der Waals surface area contributed by atoms with Crippen molar-refractivity contribution in [1.82, 2.24) is 8.96 Å². The SMILES string of the molecule is CS(=O)(=O)n1ccc2c(Cl)c([N+](=O)[O-])cnc21. The van der Waals surface area contributed by atoms with Gasteiger partial charge >= 0.3 is 5.69 Å². The number of hydrogen-bond donors (Lipinski definition) is 0. The number of hydrogen-bond acceptors (Lipinski definition) is 5. The Morgan fingerprint density at radius 1 is 1.53 bits per heavy atom. The maximum atomic E-state index is 11.4. The smallest absolute Gasteiger partial charge is 0.258 e. The zero-order chi connectivity index (χ0) is 12.8. The molecule has 17 heavy (non-hydrogen) atoms. The van der Waals surface area contributed by atoms with Gasteiger partial charge in [0.15, 0.2) is 5.65 Å². The molecular formula is C8H6ClN3O4S. The van der Waals surface area contributed by atoms with Gasteiger partial charge in [0.05, 0.1) is 11.2 Å². The first kappa shape index (κ1) is 11.8. The highest BCUT2D eigenvalue weighted by Gasteiger charge is 2.20. The quantitative estimate of drug-likeness (QED) is 0.610. The predicted octanol–water partition coefficient (Wildman–Crippen LogP) is 1.41. The number of halogens is 1. The number of pyridine rings is 1. The first-order chi connectivity index (χ1) is 7.82. The molecule has 0 saturated heterocycles. The van der Waals surface area contributed by atoms with Crippen LogP contribution in [0.25, 0.3) is 11.0 Å². The van der Waals surface area contributed by atoms with Crippen LogP contribution in [0.4, 0.5) is 5.69 Å². The largest absolute Gasteiger partial charge is 0.306 e. The molecule has 0 aliphatic carbocycles. The van der Waals surface area contributed by atoms with Crippen molar-refractivity contribution in [2.24, 2.45) is 0 Å². The van der Waals surface area contributed by atoms with Gasteiger partial charge in [0.1, 0.15) is 11.2 Å². The molecule has 2 aromatic heterocycles. The van der Waals surface area contributed by atoms with Crippen LogP contribution in [0.15, 0.2) is 18.5 Å². The molecule has 0 spiro atoms. The zero-order valence-electron chi connectivity index (χ0n) is 8.49. The van der Waals surface area contributed by atoms with Crippen molar-refractivity contribution in [1.29, 1.82) is 0 Å². The molecule has 0 saturated carbocycles. The Morgan fingerprint density at radius 3 is 2.71 bits per heavy atom. The van der Waals surface area contributed by atoms with Gasteiger partial charge in [-0.1, -0.05) is 11.6 Å². The summed E-state index contributed by atoms with van der Waals surface area (Å²) in [6.45, 7) is 0. The topological polar surface area (TPSA) is 95.1 Å². The predicted molar refractivity (Wildman–Crippen MR) is 61.6 cm³/mol. The molecule has 0 atom stereocenters. The van der Waals surface area contributed by atoms with Crippen LogP contribution in [-0.4, -0.2) is 28.6 Å². The van der Waals surface area contributed by atoms with Crippen LogP contribution in [0.3, 0.4) is 0 Å². The van der Waals surface area contributed by atoms with Crippen molar-refractivity contribution in [3.63, 3.8) is 0 Å². The normalized spacial score (nSPS) is 11.9. The summed E-state index contributed by atoms with van der Waals surface area (Å²) in [6.07, 6.45) is 3.19. The average Bonchev–Trinajstić information content (AvgIpc) is 2.61. The Bertz CT molecular complexity index is 722. The summed E-state index contributed by atoms with van der Waals surface area (Å²) in [6, 6.07) is 1.37. The summed E-state index contributed by atoms with van der Waals surface area (Å²) in [7, 11) is -3.51. The van der Waals surface area contributed by atoms with Gasteiger partial charge in [-0.15, -0.1) is 0 Å². The van der Waals surface area contributed by atoms with E-state index in [9.17, 15) is 18.5 Å². The Kier molecular flexibility index (Phi) is 2.55. The molecular weight excluding hydrogens is 270 g/mol. The van der Waals surface area contributed by atoms with E-state index >= 15 is 0 Å². The second-order valence-corrected chi connectivity index (χ2v) is 5.56. The van der Waals surface area contributed by atoms with E-state index in [1.165, 1.54) is 12.3 Å². The highest BCUT2D eigenvalue weighted by Crippen LogP contribution is 2.31. The Balaban J connectivity index is 2.84. The standard InChI is InChI=1S/C8H6ClN3O4S/c1-17(15,16)11-3-2-5-7(9)6(12(13)14)4-10-8(5)11/h2-4H,1H3. The van der Waals surface area contributed by atoms with E-state index in [-0.39, 0.29) is 21.7 Å². The minimum absolute atomic E-state index is 0.0723. The monoisotopic (exact) mass is 275 g/mol. The second-order valence-electron chi connectivity index (χ2n) is 3.33. The fourth-order valence-electron chi connectivity index (χ4n) is 1.42. The van der Waals surface area contributed by atoms with Crippen LogP contribution < -0.4 is 0 Å². The molecule has 7 nitrogen and oxygen atoms in total. The van der Waals surface area contributed by atoms with Gasteiger partial charge in [0, 0.05) is 11.6 Å². The first-order valence-electron chi connectivity index (χ1n) is 4.33. The molecule has 2 aromatic rings. The van der Waals surface area contributed by atoms with Gasteiger partial charge in [-0.05, 0) is 6.07 Å². The lowest BCUT2D eigenvalue weighted by Crippen LogP contribution is -2.09. The Morgan fingerprint density at radius 2 is 2.18 bits per heavy atom. The molecule has 0 bridgehead atoms. The third-order valence-electron chi connectivity index (χ3n) is 2.15. The summed E-state index contributed by atoms with van der Waals surface area (Å²) < 4.78 is 23.7. The number of nitro groups is 1. The van der Waals surface area contributed by atoms with Crippen molar-refractivity contribution in [2.75, 3.05) is 6.26 Å². The van der Waals surface area contributed by atoms with Crippen LogP contribution in [0, 0.1) is 10.1 Å². The fraction of sp³-hybridized carbons (Fsp3) is 0.125. The second kappa shape index (κ2) is 3.67. The molecule has 0 fully saturated rings. The highest BCUT2D eigenvalue weighted by molar-refractivity contribution is 7.89. The fourth-order valence-corrected chi connectivity index (χ4v) is 2.42. The minimum atomic E-state index is -3.51. The molecule has 0 unspecified atom stereocenters. The number of nitrogens with zero attached hydrogens (tertiary/aromatic N) is 3. The first-order valence-corrected chi connectivity index (χ1v) is 6.55. The lowest BCUT2D eigenvalue weighted by molar-refractivity contribution is -0.384. The molecule has 0 amide bonds. The molecule has 0 N–H and O–H groups in total. The summed E-state index contributed by atoms with van der Waals surface area (Å²) in [5, 5.41) is 10.7. The van der Waals surface area contributed by atoms with E-state index < -0.39 is 14.9 Å². The maximum absolute atomic E-state index is 11.4. The highest BCUT2D eigenvalue weighted by atomic mass is 35.5. The summed E-state index contributed by atoms with van der Waals surface area (Å²) in [5.41, 5.74) is -0.284. The van der Waals surface area contributed by atoms with Crippen molar-refractivity contribution < 1.29 is 13.3 Å². The lowest BCUT2D eigenvalue weighted by Gasteiger charge is -2.01. The molecule has 0 radical (unpaired) electrons. The third-order valence-corrected chi connectivity index (χ3v) is 3.56. The maximum Gasteiger partial charge on any atom is 0.306 e. The van der Waals surface area contributed by atoms with E-state index in [0.29, 0.717) is 0 Å². The molecule has 9 heteroatoms. The summed E-state index contributed by atoms with van der Waals surface area (Å²) in [5.74, 6) is 0. The molecule has 2 rings (SSSR count). The molecule has 90 valence electrons. The Labute approximate surface area is 101 Å². The number of aromatic nitrogens is 2. The van der Waals surface area contributed by atoms with E-state index in [0.717, 1.165) is 16.4 Å². The van der Waals surface area contributed by atoms with Gasteiger partial charge in [-0.25, -0.2) is 17.4 Å². The van der Waals surface area contributed by atoms with Crippen molar-refractivity contribution >= 4 is 38.3 Å². The van der Waals surface area contributed by atoms with Crippen LogP contribution in [0.5, 0.6) is 0 Å². The number of fused-ring (bicyclic) bond motifs is 1. The van der Waals surface area contributed by atoms with Crippen molar-refractivity contribution in [3.05, 3.63) is 33.6 Å². The van der Waals surface area contributed by atoms with Crippen LogP contribution >= 0.6 is 11.6 Å². The average molecular weight is 276 g/mol. The van der Waals surface area contributed by atoms with Crippen LogP contribution in [-0.2, 0) is 10.0 Å². The lowest BCUT2D eigenvalue weighted by atomic mass is 10.3. The third kappa shape index (κ3) is 1.85. The molecule has 2 heterocycles. The van der Waals surface area contributed by atoms with Gasteiger partial charge in [-0.2, -0.15) is 0 Å². The van der Waals surface area contributed by atoms with E-state index in [1.54, 1.807) is 0 Å². The summed E-state index contributed by atoms with van der Waals surface area (Å²) >= 11 is 5.81. The molecule has 0 aromatic carbocycles. The molecule has 0 aliphatic heterocycles. The van der Waals surface area contributed by atoms with Gasteiger partial charge in [0.25, 0.3) is 0 Å². The minimum Gasteiger partial charge on any atom is -0.258 e. The van der Waals surface area contributed by atoms with Crippen LogP contribution in [0.2, 0.25) is 5.02 Å². The number of rotatable bonds is 2. The van der Waals surface area contributed by atoms with Crippen molar-refractivity contribution in [2.45, 2.75) is 0 Å². The van der Waals surface area contributed by atoms with Crippen LogP contribution in [0.1, 0.15) is 0 Å². The zero-order valence-corrected chi connectivity index (χ0v) is 10.1. The van der Waals surface area contributed by atoms with Gasteiger partial charge < -0.3 is 0 Å². The van der Waals surface area contributed by atoms with E-state index in [2.05, 4.69) is 4.98 Å². The van der Waals surface area contributed by atoms with Gasteiger partial charge in [0.2, 0.25) is 10.0 Å². The molecule has 0 aliphatic rings. The Hall–Kier alpha value is -1.67.